The highest BCUT2D eigenvalue weighted by Crippen LogP contribution is 2.49. The summed E-state index contributed by atoms with van der Waals surface area (Å²) in [5.41, 5.74) is 6.21. The Morgan fingerprint density at radius 3 is 2.38 bits per heavy atom. The lowest BCUT2D eigenvalue weighted by Crippen LogP contribution is -2.41. The molecule has 1 aliphatic heterocycles. The van der Waals surface area contributed by atoms with Gasteiger partial charge in [0.15, 0.2) is 0 Å². The molecule has 0 bridgehead atoms. The van der Waals surface area contributed by atoms with Crippen LogP contribution in [0.15, 0.2) is 24.3 Å². The average molecular weight is 299 g/mol. The van der Waals surface area contributed by atoms with Crippen molar-refractivity contribution in [3.63, 3.8) is 0 Å². The fourth-order valence-corrected chi connectivity index (χ4v) is 3.44. The van der Waals surface area contributed by atoms with Crippen molar-refractivity contribution in [2.24, 2.45) is 17.1 Å². The predicted octanol–water partition coefficient (Wildman–Crippen LogP) is 3.39. The minimum absolute atomic E-state index is 0.110. The first-order valence-electron chi connectivity index (χ1n) is 7.42. The van der Waals surface area contributed by atoms with Gasteiger partial charge in [-0.15, -0.1) is 0 Å². The van der Waals surface area contributed by atoms with Gasteiger partial charge in [0, 0.05) is 18.6 Å². The van der Waals surface area contributed by atoms with Crippen LogP contribution in [0.5, 0.6) is 0 Å². The molecule has 116 valence electrons. The molecule has 1 saturated heterocycles. The van der Waals surface area contributed by atoms with Crippen LogP contribution in [0.3, 0.4) is 0 Å². The second-order valence-electron chi connectivity index (χ2n) is 6.32. The Balaban J connectivity index is 1.77. The molecular weight excluding hydrogens is 279 g/mol. The molecule has 2 N–H and O–H groups in total. The van der Waals surface area contributed by atoms with E-state index in [4.69, 9.17) is 10.5 Å². The molecule has 3 rings (SSSR count). The minimum atomic E-state index is -4.28. The number of halogens is 3. The molecule has 5 heteroatoms. The van der Waals surface area contributed by atoms with Gasteiger partial charge in [-0.05, 0) is 49.3 Å². The van der Waals surface area contributed by atoms with Crippen LogP contribution >= 0.6 is 0 Å². The molecule has 0 aromatic heterocycles. The summed E-state index contributed by atoms with van der Waals surface area (Å²) < 4.78 is 43.7. The monoisotopic (exact) mass is 299 g/mol. The number of nitrogens with two attached hydrogens (primary N) is 1. The second-order valence-corrected chi connectivity index (χ2v) is 6.32. The van der Waals surface area contributed by atoms with Crippen LogP contribution in [-0.4, -0.2) is 19.3 Å². The maximum Gasteiger partial charge on any atom is 0.416 e. The highest BCUT2D eigenvalue weighted by Gasteiger charge is 2.50. The van der Waals surface area contributed by atoms with Gasteiger partial charge < -0.3 is 10.5 Å². The molecule has 2 nitrogen and oxygen atoms in total. The highest BCUT2D eigenvalue weighted by molar-refractivity contribution is 5.26. The van der Waals surface area contributed by atoms with E-state index in [0.717, 1.165) is 24.1 Å². The summed E-state index contributed by atoms with van der Waals surface area (Å²) >= 11 is 0. The number of ether oxygens (including phenoxy) is 1. The molecule has 0 radical (unpaired) electrons. The first-order valence-corrected chi connectivity index (χ1v) is 7.42. The zero-order valence-corrected chi connectivity index (χ0v) is 11.8. The van der Waals surface area contributed by atoms with Crippen LogP contribution in [0, 0.1) is 11.3 Å². The van der Waals surface area contributed by atoms with Gasteiger partial charge in [0.25, 0.3) is 0 Å². The van der Waals surface area contributed by atoms with Gasteiger partial charge in [0.2, 0.25) is 0 Å². The van der Waals surface area contributed by atoms with Crippen LogP contribution in [0.1, 0.15) is 30.4 Å². The standard InChI is InChI=1S/C16H20F3NO/c17-16(18,19)13-5-1-11(2-6-13)9-15(10-20)7-8-21-14(15)12-3-4-12/h1-2,5-6,12,14H,3-4,7-10,20H2. The molecule has 2 atom stereocenters. The zero-order valence-electron chi connectivity index (χ0n) is 11.8. The van der Waals surface area contributed by atoms with Gasteiger partial charge in [-0.2, -0.15) is 13.2 Å². The topological polar surface area (TPSA) is 35.2 Å². The summed E-state index contributed by atoms with van der Waals surface area (Å²) in [6, 6.07) is 5.45. The van der Waals surface area contributed by atoms with Crippen LogP contribution in [0.2, 0.25) is 0 Å². The summed E-state index contributed by atoms with van der Waals surface area (Å²) in [6.45, 7) is 1.23. The Hall–Kier alpha value is -1.07. The first kappa shape index (κ1) is 14.9. The van der Waals surface area contributed by atoms with E-state index in [2.05, 4.69) is 0 Å². The van der Waals surface area contributed by atoms with Crippen molar-refractivity contribution >= 4 is 0 Å². The normalized spacial score (nSPS) is 29.8. The molecule has 1 aromatic carbocycles. The van der Waals surface area contributed by atoms with Crippen molar-refractivity contribution < 1.29 is 17.9 Å². The highest BCUT2D eigenvalue weighted by atomic mass is 19.4. The number of hydrogen-bond acceptors (Lipinski definition) is 2. The molecule has 2 fully saturated rings. The van der Waals surface area contributed by atoms with Gasteiger partial charge >= 0.3 is 6.18 Å². The maximum atomic E-state index is 12.6. The number of alkyl halides is 3. The Morgan fingerprint density at radius 2 is 1.86 bits per heavy atom. The largest absolute Gasteiger partial charge is 0.416 e. The first-order chi connectivity index (χ1) is 9.94. The second kappa shape index (κ2) is 5.29. The van der Waals surface area contributed by atoms with Crippen molar-refractivity contribution in [1.29, 1.82) is 0 Å². The minimum Gasteiger partial charge on any atom is -0.377 e. The molecule has 0 amide bonds. The Kier molecular flexibility index (Phi) is 3.74. The molecule has 2 unspecified atom stereocenters. The van der Waals surface area contributed by atoms with E-state index in [9.17, 15) is 13.2 Å². The molecule has 1 saturated carbocycles. The van der Waals surface area contributed by atoms with Crippen LogP contribution in [-0.2, 0) is 17.3 Å². The van der Waals surface area contributed by atoms with E-state index >= 15 is 0 Å². The third-order valence-corrected chi connectivity index (χ3v) is 4.80. The van der Waals surface area contributed by atoms with Crippen LogP contribution in [0.4, 0.5) is 13.2 Å². The fraction of sp³-hybridized carbons (Fsp3) is 0.625. The summed E-state index contributed by atoms with van der Waals surface area (Å²) in [6.07, 6.45) is -0.158. The summed E-state index contributed by atoms with van der Waals surface area (Å²) in [4.78, 5) is 0. The molecule has 0 spiro atoms. The molecule has 1 heterocycles. The number of hydrogen-bond donors (Lipinski definition) is 1. The van der Waals surface area contributed by atoms with Crippen molar-refractivity contribution in [3.8, 4) is 0 Å². The van der Waals surface area contributed by atoms with Gasteiger partial charge in [0.05, 0.1) is 11.7 Å². The van der Waals surface area contributed by atoms with Gasteiger partial charge in [0.1, 0.15) is 0 Å². The lowest BCUT2D eigenvalue weighted by molar-refractivity contribution is -0.137. The summed E-state index contributed by atoms with van der Waals surface area (Å²) in [5.74, 6) is 0.588. The van der Waals surface area contributed by atoms with E-state index in [0.29, 0.717) is 25.5 Å². The van der Waals surface area contributed by atoms with E-state index in [1.165, 1.54) is 12.8 Å². The lowest BCUT2D eigenvalue weighted by Gasteiger charge is -2.33. The van der Waals surface area contributed by atoms with E-state index in [1.807, 2.05) is 0 Å². The van der Waals surface area contributed by atoms with Crippen LogP contribution < -0.4 is 5.73 Å². The molecule has 1 aromatic rings. The number of benzene rings is 1. The Labute approximate surface area is 122 Å². The Morgan fingerprint density at radius 1 is 1.19 bits per heavy atom. The molecule has 1 aliphatic carbocycles. The smallest absolute Gasteiger partial charge is 0.377 e. The lowest BCUT2D eigenvalue weighted by atomic mass is 9.74. The van der Waals surface area contributed by atoms with Crippen LogP contribution in [0.25, 0.3) is 0 Å². The van der Waals surface area contributed by atoms with Crippen molar-refractivity contribution in [1.82, 2.24) is 0 Å². The van der Waals surface area contributed by atoms with Gasteiger partial charge in [-0.25, -0.2) is 0 Å². The summed E-state index contributed by atoms with van der Waals surface area (Å²) in [5, 5.41) is 0. The van der Waals surface area contributed by atoms with Gasteiger partial charge in [-0.3, -0.25) is 0 Å². The average Bonchev–Trinajstić information content (AvgIpc) is 3.20. The predicted molar refractivity (Wildman–Crippen MR) is 73.7 cm³/mol. The molecular formula is C16H20F3NO. The van der Waals surface area contributed by atoms with Gasteiger partial charge in [-0.1, -0.05) is 12.1 Å². The van der Waals surface area contributed by atoms with Crippen molar-refractivity contribution in [2.75, 3.05) is 13.2 Å². The third kappa shape index (κ3) is 2.94. The van der Waals surface area contributed by atoms with E-state index < -0.39 is 11.7 Å². The molecule has 21 heavy (non-hydrogen) atoms. The van der Waals surface area contributed by atoms with Crippen molar-refractivity contribution in [3.05, 3.63) is 35.4 Å². The third-order valence-electron chi connectivity index (χ3n) is 4.80. The SMILES string of the molecule is NCC1(Cc2ccc(C(F)(F)F)cc2)CCOC1C1CC1. The fourth-order valence-electron chi connectivity index (χ4n) is 3.44. The molecule has 2 aliphatic rings. The van der Waals surface area contributed by atoms with E-state index in [-0.39, 0.29) is 11.5 Å². The van der Waals surface area contributed by atoms with Crippen molar-refractivity contribution in [2.45, 2.75) is 38.0 Å². The zero-order chi connectivity index (χ0) is 15.1. The quantitative estimate of drug-likeness (QED) is 0.925. The van der Waals surface area contributed by atoms with E-state index in [1.54, 1.807) is 12.1 Å². The number of rotatable bonds is 4. The summed E-state index contributed by atoms with van der Waals surface area (Å²) in [7, 11) is 0. The Bertz CT molecular complexity index is 495. The maximum absolute atomic E-state index is 12.6.